The fraction of sp³-hybridized carbons (Fsp3) is 0.944. The van der Waals surface area contributed by atoms with Gasteiger partial charge in [-0.05, 0) is 52.0 Å². The van der Waals surface area contributed by atoms with Crippen LogP contribution in [0.4, 0.5) is 0 Å². The molecular formula is C18H32N2O3. The van der Waals surface area contributed by atoms with Gasteiger partial charge >= 0.3 is 0 Å². The highest BCUT2D eigenvalue weighted by Crippen LogP contribution is 2.38. The highest BCUT2D eigenvalue weighted by atomic mass is 16.7. The van der Waals surface area contributed by atoms with E-state index in [4.69, 9.17) is 9.47 Å². The van der Waals surface area contributed by atoms with Crippen molar-refractivity contribution in [2.75, 3.05) is 26.3 Å². The van der Waals surface area contributed by atoms with Gasteiger partial charge in [0.1, 0.15) is 0 Å². The van der Waals surface area contributed by atoms with Crippen molar-refractivity contribution in [1.29, 1.82) is 0 Å². The Morgan fingerprint density at radius 1 is 1.17 bits per heavy atom. The minimum Gasteiger partial charge on any atom is -0.354 e. The number of carbonyl (C=O) groups is 1. The van der Waals surface area contributed by atoms with E-state index in [1.165, 1.54) is 12.8 Å². The Morgan fingerprint density at radius 3 is 2.52 bits per heavy atom. The van der Waals surface area contributed by atoms with E-state index in [0.717, 1.165) is 58.4 Å². The van der Waals surface area contributed by atoms with Crippen molar-refractivity contribution in [1.82, 2.24) is 10.2 Å². The minimum absolute atomic E-state index is 0.0696. The molecule has 2 heterocycles. The highest BCUT2D eigenvalue weighted by molar-refractivity contribution is 5.81. The Bertz CT molecular complexity index is 397. The number of hydrogen-bond donors (Lipinski definition) is 1. The van der Waals surface area contributed by atoms with Crippen molar-refractivity contribution in [3.63, 3.8) is 0 Å². The SMILES string of the molecule is CC(C)N1CCCC[C@H]1C(=O)NCC1CCC2(CC1)OCCO2. The molecular weight excluding hydrogens is 292 g/mol. The van der Waals surface area contributed by atoms with Crippen molar-refractivity contribution in [2.45, 2.75) is 76.7 Å². The van der Waals surface area contributed by atoms with E-state index in [2.05, 4.69) is 24.1 Å². The zero-order valence-electron chi connectivity index (χ0n) is 14.7. The molecule has 1 atom stereocenters. The number of likely N-dealkylation sites (tertiary alicyclic amines) is 1. The van der Waals surface area contributed by atoms with E-state index in [0.29, 0.717) is 12.0 Å². The van der Waals surface area contributed by atoms with E-state index in [-0.39, 0.29) is 17.7 Å². The summed E-state index contributed by atoms with van der Waals surface area (Å²) in [5.74, 6) is 0.499. The lowest BCUT2D eigenvalue weighted by molar-refractivity contribution is -0.182. The molecule has 3 fully saturated rings. The molecule has 23 heavy (non-hydrogen) atoms. The van der Waals surface area contributed by atoms with Gasteiger partial charge in [-0.15, -0.1) is 0 Å². The van der Waals surface area contributed by atoms with Gasteiger partial charge in [-0.1, -0.05) is 6.42 Å². The fourth-order valence-corrected chi connectivity index (χ4v) is 4.32. The van der Waals surface area contributed by atoms with Gasteiger partial charge in [-0.25, -0.2) is 0 Å². The molecule has 0 aromatic rings. The summed E-state index contributed by atoms with van der Waals surface area (Å²) in [4.78, 5) is 15.0. The Balaban J connectivity index is 1.44. The number of amides is 1. The molecule has 5 heteroatoms. The maximum Gasteiger partial charge on any atom is 0.237 e. The Morgan fingerprint density at radius 2 is 1.87 bits per heavy atom. The van der Waals surface area contributed by atoms with Crippen LogP contribution in [0.5, 0.6) is 0 Å². The molecule has 1 spiro atoms. The molecule has 0 unspecified atom stereocenters. The first-order valence-corrected chi connectivity index (χ1v) is 9.41. The first-order chi connectivity index (χ1) is 11.1. The molecule has 0 radical (unpaired) electrons. The molecule has 1 N–H and O–H groups in total. The predicted octanol–water partition coefficient (Wildman–Crippen LogP) is 2.30. The smallest absolute Gasteiger partial charge is 0.237 e. The van der Waals surface area contributed by atoms with Crippen LogP contribution in [-0.2, 0) is 14.3 Å². The summed E-state index contributed by atoms with van der Waals surface area (Å²) in [5, 5.41) is 3.22. The molecule has 0 bridgehead atoms. The van der Waals surface area contributed by atoms with Gasteiger partial charge < -0.3 is 14.8 Å². The first kappa shape index (κ1) is 17.2. The fourth-order valence-electron chi connectivity index (χ4n) is 4.32. The number of ether oxygens (including phenoxy) is 2. The second-order valence-corrected chi connectivity index (χ2v) is 7.64. The third-order valence-electron chi connectivity index (χ3n) is 5.76. The summed E-state index contributed by atoms with van der Waals surface area (Å²) < 4.78 is 11.5. The Kier molecular flexibility index (Phi) is 5.60. The second kappa shape index (κ2) is 7.49. The number of hydrogen-bond acceptors (Lipinski definition) is 4. The van der Waals surface area contributed by atoms with Gasteiger partial charge in [0.2, 0.25) is 5.91 Å². The average Bonchev–Trinajstić information content (AvgIpc) is 3.02. The summed E-state index contributed by atoms with van der Waals surface area (Å²) in [7, 11) is 0. The van der Waals surface area contributed by atoms with Crippen LogP contribution in [0.15, 0.2) is 0 Å². The van der Waals surface area contributed by atoms with E-state index in [1.807, 2.05) is 0 Å². The summed E-state index contributed by atoms with van der Waals surface area (Å²) in [6.45, 7) is 7.69. The molecule has 3 aliphatic rings. The zero-order chi connectivity index (χ0) is 16.3. The molecule has 0 aromatic carbocycles. The third kappa shape index (κ3) is 4.06. The summed E-state index contributed by atoms with van der Waals surface area (Å²) in [6, 6.07) is 0.512. The average molecular weight is 324 g/mol. The number of carbonyl (C=O) groups excluding carboxylic acids is 1. The van der Waals surface area contributed by atoms with Gasteiger partial charge in [0.05, 0.1) is 19.3 Å². The molecule has 1 aliphatic carbocycles. The van der Waals surface area contributed by atoms with E-state index in [9.17, 15) is 4.79 Å². The monoisotopic (exact) mass is 324 g/mol. The van der Waals surface area contributed by atoms with Crippen LogP contribution in [0.3, 0.4) is 0 Å². The van der Waals surface area contributed by atoms with E-state index >= 15 is 0 Å². The number of nitrogens with one attached hydrogen (secondary N) is 1. The molecule has 5 nitrogen and oxygen atoms in total. The minimum atomic E-state index is -0.293. The van der Waals surface area contributed by atoms with E-state index < -0.39 is 0 Å². The van der Waals surface area contributed by atoms with Gasteiger partial charge in [-0.2, -0.15) is 0 Å². The normalized spacial score (nSPS) is 29.3. The van der Waals surface area contributed by atoms with Crippen molar-refractivity contribution < 1.29 is 14.3 Å². The van der Waals surface area contributed by atoms with Crippen LogP contribution in [-0.4, -0.2) is 55.0 Å². The van der Waals surface area contributed by atoms with Crippen LogP contribution < -0.4 is 5.32 Å². The van der Waals surface area contributed by atoms with Crippen LogP contribution >= 0.6 is 0 Å². The molecule has 0 aromatic heterocycles. The van der Waals surface area contributed by atoms with Crippen LogP contribution in [0.25, 0.3) is 0 Å². The summed E-state index contributed by atoms with van der Waals surface area (Å²) >= 11 is 0. The lowest BCUT2D eigenvalue weighted by Gasteiger charge is -2.38. The lowest BCUT2D eigenvalue weighted by Crippen LogP contribution is -2.52. The van der Waals surface area contributed by atoms with Gasteiger partial charge in [0.15, 0.2) is 5.79 Å². The molecule has 2 saturated heterocycles. The van der Waals surface area contributed by atoms with Crippen LogP contribution in [0.2, 0.25) is 0 Å². The van der Waals surface area contributed by atoms with Crippen LogP contribution in [0, 0.1) is 5.92 Å². The van der Waals surface area contributed by atoms with Crippen molar-refractivity contribution >= 4 is 5.91 Å². The maximum atomic E-state index is 12.6. The summed E-state index contributed by atoms with van der Waals surface area (Å²) in [6.07, 6.45) is 7.48. The van der Waals surface area contributed by atoms with E-state index in [1.54, 1.807) is 0 Å². The molecule has 1 saturated carbocycles. The summed E-state index contributed by atoms with van der Waals surface area (Å²) in [5.41, 5.74) is 0. The Hall–Kier alpha value is -0.650. The first-order valence-electron chi connectivity index (χ1n) is 9.41. The quantitative estimate of drug-likeness (QED) is 0.862. The standard InChI is InChI=1S/C18H32N2O3/c1-14(2)20-10-4-3-5-16(20)17(21)19-13-15-6-8-18(9-7-15)22-11-12-23-18/h14-16H,3-13H2,1-2H3,(H,19,21)/t16-/m0/s1. The lowest BCUT2D eigenvalue weighted by atomic mass is 9.85. The molecule has 2 aliphatic heterocycles. The topological polar surface area (TPSA) is 50.8 Å². The van der Waals surface area contributed by atoms with Gasteiger partial charge in [0, 0.05) is 25.4 Å². The van der Waals surface area contributed by atoms with Gasteiger partial charge in [0.25, 0.3) is 0 Å². The maximum absolute atomic E-state index is 12.6. The van der Waals surface area contributed by atoms with Crippen molar-refractivity contribution in [3.05, 3.63) is 0 Å². The highest BCUT2D eigenvalue weighted by Gasteiger charge is 2.40. The Labute approximate surface area is 140 Å². The zero-order valence-corrected chi connectivity index (χ0v) is 14.7. The van der Waals surface area contributed by atoms with Crippen LogP contribution in [0.1, 0.15) is 58.8 Å². The van der Waals surface area contributed by atoms with Crippen molar-refractivity contribution in [2.24, 2.45) is 5.92 Å². The number of rotatable bonds is 4. The van der Waals surface area contributed by atoms with Crippen molar-refractivity contribution in [3.8, 4) is 0 Å². The third-order valence-corrected chi connectivity index (χ3v) is 5.76. The number of piperidine rings is 1. The molecule has 1 amide bonds. The largest absolute Gasteiger partial charge is 0.354 e. The number of nitrogens with zero attached hydrogens (tertiary/aromatic N) is 1. The van der Waals surface area contributed by atoms with Gasteiger partial charge in [-0.3, -0.25) is 9.69 Å². The molecule has 132 valence electrons. The molecule has 3 rings (SSSR count). The second-order valence-electron chi connectivity index (χ2n) is 7.64. The predicted molar refractivity (Wildman–Crippen MR) is 89.1 cm³/mol.